The Labute approximate surface area is 124 Å². The topological polar surface area (TPSA) is 47.6 Å². The quantitative estimate of drug-likeness (QED) is 0.909. The maximum atomic E-state index is 12.0. The Kier molecular flexibility index (Phi) is 5.40. The van der Waals surface area contributed by atoms with Gasteiger partial charge in [-0.2, -0.15) is 0 Å². The summed E-state index contributed by atoms with van der Waals surface area (Å²) in [5.74, 6) is -0.0639. The van der Waals surface area contributed by atoms with E-state index in [-0.39, 0.29) is 24.2 Å². The lowest BCUT2D eigenvalue weighted by Crippen LogP contribution is -2.43. The molecule has 0 aromatic heterocycles. The average molecular weight is 298 g/mol. The van der Waals surface area contributed by atoms with E-state index in [0.717, 1.165) is 18.4 Å². The highest BCUT2D eigenvalue weighted by molar-refractivity contribution is 6.30. The monoisotopic (exact) mass is 297 g/mol. The van der Waals surface area contributed by atoms with E-state index < -0.39 is 0 Å². The maximum absolute atomic E-state index is 12.0. The summed E-state index contributed by atoms with van der Waals surface area (Å²) in [5.41, 5.74) is 0.983. The molecule has 1 aromatic rings. The predicted molar refractivity (Wildman–Crippen MR) is 77.8 cm³/mol. The molecule has 20 heavy (non-hydrogen) atoms. The number of carbonyl (C=O) groups is 1. The highest BCUT2D eigenvalue weighted by atomic mass is 35.5. The first-order valence-corrected chi connectivity index (χ1v) is 7.20. The third-order valence-electron chi connectivity index (χ3n) is 3.50. The Bertz CT molecular complexity index is 443. The molecule has 3 atom stereocenters. The number of nitrogens with one attached hydrogen (secondary N) is 1. The molecule has 1 fully saturated rings. The van der Waals surface area contributed by atoms with Gasteiger partial charge in [0, 0.05) is 18.7 Å². The number of ether oxygens (including phenoxy) is 2. The largest absolute Gasteiger partial charge is 0.375 e. The molecule has 1 aromatic carbocycles. The smallest absolute Gasteiger partial charge is 0.249 e. The van der Waals surface area contributed by atoms with Crippen LogP contribution in [0, 0.1) is 0 Å². The van der Waals surface area contributed by atoms with Gasteiger partial charge in [-0.3, -0.25) is 4.79 Å². The minimum Gasteiger partial charge on any atom is -0.375 e. The summed E-state index contributed by atoms with van der Waals surface area (Å²) < 4.78 is 10.9. The van der Waals surface area contributed by atoms with Crippen molar-refractivity contribution in [2.75, 3.05) is 13.7 Å². The molecule has 110 valence electrons. The Morgan fingerprint density at radius 3 is 2.70 bits per heavy atom. The van der Waals surface area contributed by atoms with Crippen molar-refractivity contribution < 1.29 is 14.3 Å². The Morgan fingerprint density at radius 1 is 1.45 bits per heavy atom. The van der Waals surface area contributed by atoms with Crippen LogP contribution < -0.4 is 5.32 Å². The lowest BCUT2D eigenvalue weighted by molar-refractivity contribution is -0.131. The third kappa shape index (κ3) is 3.72. The van der Waals surface area contributed by atoms with E-state index in [9.17, 15) is 4.79 Å². The van der Waals surface area contributed by atoms with Crippen LogP contribution >= 0.6 is 11.6 Å². The van der Waals surface area contributed by atoms with Gasteiger partial charge in [-0.1, -0.05) is 23.7 Å². The van der Waals surface area contributed by atoms with E-state index in [1.54, 1.807) is 7.11 Å². The molecule has 1 N–H and O–H groups in total. The van der Waals surface area contributed by atoms with Gasteiger partial charge in [0.05, 0.1) is 6.04 Å². The van der Waals surface area contributed by atoms with Crippen LogP contribution in [-0.2, 0) is 14.3 Å². The van der Waals surface area contributed by atoms with Crippen LogP contribution in [-0.4, -0.2) is 31.8 Å². The Hall–Kier alpha value is -1.10. The highest BCUT2D eigenvalue weighted by Crippen LogP contribution is 2.23. The molecule has 0 spiro atoms. The molecule has 1 saturated heterocycles. The van der Waals surface area contributed by atoms with Gasteiger partial charge in [0.15, 0.2) is 0 Å². The van der Waals surface area contributed by atoms with Gasteiger partial charge in [-0.25, -0.2) is 0 Å². The second kappa shape index (κ2) is 7.07. The van der Waals surface area contributed by atoms with E-state index in [0.29, 0.717) is 11.6 Å². The summed E-state index contributed by atoms with van der Waals surface area (Å²) in [6.45, 7) is 2.59. The molecule has 3 unspecified atom stereocenters. The molecule has 0 bridgehead atoms. The van der Waals surface area contributed by atoms with Crippen molar-refractivity contribution in [3.8, 4) is 0 Å². The summed E-state index contributed by atoms with van der Waals surface area (Å²) in [6.07, 6.45) is 1.20. The summed E-state index contributed by atoms with van der Waals surface area (Å²) in [5, 5.41) is 3.64. The second-order valence-electron chi connectivity index (χ2n) is 5.01. The molecule has 4 nitrogen and oxygen atoms in total. The molecule has 2 rings (SSSR count). The van der Waals surface area contributed by atoms with Crippen LogP contribution in [0.4, 0.5) is 0 Å². The van der Waals surface area contributed by atoms with Gasteiger partial charge in [-0.15, -0.1) is 0 Å². The standard InChI is InChI=1S/C15H20ClNO3/c1-10(17-15(18)13-4-3-9-20-13)14(19-2)11-5-7-12(16)8-6-11/h5-8,10,13-14H,3-4,9H2,1-2H3,(H,17,18). The normalized spacial score (nSPS) is 21.4. The minimum absolute atomic E-state index is 0.0639. The number of methoxy groups -OCH3 is 1. The van der Waals surface area contributed by atoms with E-state index in [4.69, 9.17) is 21.1 Å². The number of hydrogen-bond acceptors (Lipinski definition) is 3. The zero-order valence-corrected chi connectivity index (χ0v) is 12.5. The van der Waals surface area contributed by atoms with Gasteiger partial charge < -0.3 is 14.8 Å². The average Bonchev–Trinajstić information content (AvgIpc) is 2.96. The lowest BCUT2D eigenvalue weighted by atomic mass is 10.0. The molecule has 1 aliphatic heterocycles. The molecular weight excluding hydrogens is 278 g/mol. The summed E-state index contributed by atoms with van der Waals surface area (Å²) in [4.78, 5) is 12.0. The van der Waals surface area contributed by atoms with Crippen molar-refractivity contribution >= 4 is 17.5 Å². The summed E-state index contributed by atoms with van der Waals surface area (Å²) in [7, 11) is 1.63. The van der Waals surface area contributed by atoms with E-state index >= 15 is 0 Å². The van der Waals surface area contributed by atoms with Gasteiger partial charge in [0.2, 0.25) is 5.91 Å². The van der Waals surface area contributed by atoms with Crippen LogP contribution in [0.1, 0.15) is 31.4 Å². The number of amides is 1. The highest BCUT2D eigenvalue weighted by Gasteiger charge is 2.27. The molecular formula is C15H20ClNO3. The number of carbonyl (C=O) groups excluding carboxylic acids is 1. The fraction of sp³-hybridized carbons (Fsp3) is 0.533. The van der Waals surface area contributed by atoms with Crippen LogP contribution in [0.15, 0.2) is 24.3 Å². The predicted octanol–water partition coefficient (Wildman–Crippen LogP) is 2.71. The van der Waals surface area contributed by atoms with Crippen molar-refractivity contribution in [3.63, 3.8) is 0 Å². The van der Waals surface area contributed by atoms with Crippen molar-refractivity contribution in [2.45, 2.75) is 38.0 Å². The lowest BCUT2D eigenvalue weighted by Gasteiger charge is -2.25. The first-order valence-electron chi connectivity index (χ1n) is 6.82. The molecule has 1 amide bonds. The second-order valence-corrected chi connectivity index (χ2v) is 5.44. The third-order valence-corrected chi connectivity index (χ3v) is 3.75. The van der Waals surface area contributed by atoms with Crippen LogP contribution in [0.3, 0.4) is 0 Å². The fourth-order valence-corrected chi connectivity index (χ4v) is 2.58. The van der Waals surface area contributed by atoms with E-state index in [1.165, 1.54) is 0 Å². The van der Waals surface area contributed by atoms with Gasteiger partial charge >= 0.3 is 0 Å². The number of halogens is 1. The van der Waals surface area contributed by atoms with Crippen LogP contribution in [0.5, 0.6) is 0 Å². The Morgan fingerprint density at radius 2 is 2.15 bits per heavy atom. The van der Waals surface area contributed by atoms with Gasteiger partial charge in [0.25, 0.3) is 0 Å². The van der Waals surface area contributed by atoms with Crippen molar-refractivity contribution in [1.29, 1.82) is 0 Å². The first-order chi connectivity index (χ1) is 9.61. The molecule has 0 aliphatic carbocycles. The molecule has 5 heteroatoms. The molecule has 0 saturated carbocycles. The Balaban J connectivity index is 1.99. The van der Waals surface area contributed by atoms with Crippen LogP contribution in [0.25, 0.3) is 0 Å². The summed E-state index contributed by atoms with van der Waals surface area (Å²) >= 11 is 5.88. The zero-order chi connectivity index (χ0) is 14.5. The van der Waals surface area contributed by atoms with Crippen molar-refractivity contribution in [1.82, 2.24) is 5.32 Å². The summed E-state index contributed by atoms with van der Waals surface area (Å²) in [6, 6.07) is 7.31. The van der Waals surface area contributed by atoms with Gasteiger partial charge in [-0.05, 0) is 37.5 Å². The number of benzene rings is 1. The molecule has 1 heterocycles. The molecule has 1 aliphatic rings. The fourth-order valence-electron chi connectivity index (χ4n) is 2.46. The van der Waals surface area contributed by atoms with Crippen LogP contribution in [0.2, 0.25) is 5.02 Å². The minimum atomic E-state index is -0.319. The van der Waals surface area contributed by atoms with E-state index in [2.05, 4.69) is 5.32 Å². The van der Waals surface area contributed by atoms with Gasteiger partial charge in [0.1, 0.15) is 12.2 Å². The number of hydrogen-bond donors (Lipinski definition) is 1. The maximum Gasteiger partial charge on any atom is 0.249 e. The zero-order valence-electron chi connectivity index (χ0n) is 11.8. The SMILES string of the molecule is COC(c1ccc(Cl)cc1)C(C)NC(=O)C1CCCO1. The van der Waals surface area contributed by atoms with Crippen molar-refractivity contribution in [3.05, 3.63) is 34.9 Å². The molecule has 0 radical (unpaired) electrons. The van der Waals surface area contributed by atoms with E-state index in [1.807, 2.05) is 31.2 Å². The van der Waals surface area contributed by atoms with Crippen molar-refractivity contribution in [2.24, 2.45) is 0 Å². The number of rotatable bonds is 5. The first kappa shape index (κ1) is 15.3.